The first-order valence-electron chi connectivity index (χ1n) is 11.7. The summed E-state index contributed by atoms with van der Waals surface area (Å²) in [5, 5.41) is 12.2. The predicted molar refractivity (Wildman–Crippen MR) is 134 cm³/mol. The number of halogens is 1. The molecule has 0 spiro atoms. The third-order valence-corrected chi connectivity index (χ3v) is 6.47. The van der Waals surface area contributed by atoms with Gasteiger partial charge in [-0.15, -0.1) is 4.99 Å². The predicted octanol–water partition coefficient (Wildman–Crippen LogP) is 4.51. The van der Waals surface area contributed by atoms with Crippen molar-refractivity contribution in [3.8, 4) is 17.7 Å². The lowest BCUT2D eigenvalue weighted by Gasteiger charge is -2.42. The van der Waals surface area contributed by atoms with Crippen LogP contribution in [0.2, 0.25) is 0 Å². The largest absolute Gasteiger partial charge is 0.496 e. The lowest BCUT2D eigenvalue weighted by atomic mass is 9.72. The number of likely N-dealkylation sites (tertiary alicyclic amines) is 1. The average molecular weight is 487 g/mol. The molecule has 0 atom stereocenters. The summed E-state index contributed by atoms with van der Waals surface area (Å²) in [6.45, 7) is 1.17. The number of methoxy groups -OCH3 is 1. The van der Waals surface area contributed by atoms with Gasteiger partial charge in [0, 0.05) is 25.0 Å². The topological polar surface area (TPSA) is 87.0 Å². The zero-order chi connectivity index (χ0) is 25.4. The highest BCUT2D eigenvalue weighted by Gasteiger charge is 2.39. The maximum Gasteiger partial charge on any atom is 0.308 e. The van der Waals surface area contributed by atoms with Gasteiger partial charge >= 0.3 is 6.02 Å². The van der Waals surface area contributed by atoms with Crippen LogP contribution in [-0.4, -0.2) is 43.6 Å². The molecule has 1 heterocycles. The Morgan fingerprint density at radius 1 is 1.06 bits per heavy atom. The minimum atomic E-state index is -0.649. The van der Waals surface area contributed by atoms with Gasteiger partial charge in [-0.25, -0.2) is 4.39 Å². The number of rotatable bonds is 6. The van der Waals surface area contributed by atoms with Crippen molar-refractivity contribution in [2.45, 2.75) is 18.3 Å². The molecule has 4 rings (SSSR count). The molecule has 0 aromatic heterocycles. The van der Waals surface area contributed by atoms with Gasteiger partial charge in [-0.3, -0.25) is 4.79 Å². The van der Waals surface area contributed by atoms with Gasteiger partial charge in [0.1, 0.15) is 17.3 Å². The molecule has 0 unspecified atom stereocenters. The van der Waals surface area contributed by atoms with Crippen molar-refractivity contribution in [1.29, 1.82) is 5.26 Å². The Balaban J connectivity index is 1.55. The second-order valence-corrected chi connectivity index (χ2v) is 8.54. The zero-order valence-electron chi connectivity index (χ0n) is 20.0. The molecule has 36 heavy (non-hydrogen) atoms. The second kappa shape index (κ2) is 11.4. The molecule has 0 aliphatic carbocycles. The first-order chi connectivity index (χ1) is 17.6. The number of para-hydroxylation sites is 2. The highest BCUT2D eigenvalue weighted by atomic mass is 19.1. The van der Waals surface area contributed by atoms with Crippen molar-refractivity contribution in [2.24, 2.45) is 4.99 Å². The summed E-state index contributed by atoms with van der Waals surface area (Å²) in [5.74, 6) is 0.440. The number of amides is 1. The summed E-state index contributed by atoms with van der Waals surface area (Å²) in [4.78, 5) is 18.8. The summed E-state index contributed by atoms with van der Waals surface area (Å²) < 4.78 is 26.2. The van der Waals surface area contributed by atoms with E-state index < -0.39 is 5.41 Å². The third kappa shape index (κ3) is 5.47. The minimum absolute atomic E-state index is 0.198. The second-order valence-electron chi connectivity index (χ2n) is 8.54. The zero-order valence-corrected chi connectivity index (χ0v) is 20.0. The fraction of sp³-hybridized carbons (Fsp3) is 0.250. The van der Waals surface area contributed by atoms with Gasteiger partial charge in [0.25, 0.3) is 5.91 Å². The van der Waals surface area contributed by atoms with E-state index in [1.54, 1.807) is 54.6 Å². The van der Waals surface area contributed by atoms with Crippen LogP contribution in [0.25, 0.3) is 0 Å². The first kappa shape index (κ1) is 24.7. The number of carbonyl (C=O) groups excluding carboxylic acids is 1. The minimum Gasteiger partial charge on any atom is -0.496 e. The van der Waals surface area contributed by atoms with Crippen LogP contribution in [0.5, 0.6) is 11.5 Å². The van der Waals surface area contributed by atoms with Gasteiger partial charge in [-0.05, 0) is 48.7 Å². The smallest absolute Gasteiger partial charge is 0.308 e. The Kier molecular flexibility index (Phi) is 7.81. The van der Waals surface area contributed by atoms with E-state index in [4.69, 9.17) is 9.47 Å². The van der Waals surface area contributed by atoms with Gasteiger partial charge < -0.3 is 19.7 Å². The van der Waals surface area contributed by atoms with Gasteiger partial charge in [-0.1, -0.05) is 48.5 Å². The molecule has 1 N–H and O–H groups in total. The number of aliphatic imine (C=N–C) groups is 1. The van der Waals surface area contributed by atoms with Crippen LogP contribution >= 0.6 is 0 Å². The van der Waals surface area contributed by atoms with Gasteiger partial charge in [0.05, 0.1) is 12.7 Å². The summed E-state index contributed by atoms with van der Waals surface area (Å²) >= 11 is 0. The van der Waals surface area contributed by atoms with Crippen molar-refractivity contribution in [3.63, 3.8) is 0 Å². The highest BCUT2D eigenvalue weighted by molar-refractivity contribution is 5.97. The molecular formula is C28H27FN4O3. The van der Waals surface area contributed by atoms with Crippen molar-refractivity contribution >= 4 is 11.9 Å². The molecule has 1 amide bonds. The molecule has 0 radical (unpaired) electrons. The number of carbonyl (C=O) groups is 1. The van der Waals surface area contributed by atoms with Crippen LogP contribution in [0, 0.1) is 17.3 Å². The number of nitrogens with one attached hydrogen (secondary N) is 1. The van der Waals surface area contributed by atoms with E-state index in [0.29, 0.717) is 48.6 Å². The van der Waals surface area contributed by atoms with E-state index in [0.717, 1.165) is 0 Å². The van der Waals surface area contributed by atoms with Crippen LogP contribution < -0.4 is 14.8 Å². The van der Waals surface area contributed by atoms with Crippen LogP contribution in [0.1, 0.15) is 28.8 Å². The summed E-state index contributed by atoms with van der Waals surface area (Å²) in [5.41, 5.74) is 0.317. The molecule has 1 fully saturated rings. The first-order valence-corrected chi connectivity index (χ1v) is 11.7. The summed E-state index contributed by atoms with van der Waals surface area (Å²) in [6.07, 6.45) is 2.84. The fourth-order valence-corrected chi connectivity index (χ4v) is 4.53. The van der Waals surface area contributed by atoms with E-state index in [9.17, 15) is 10.1 Å². The number of nitrogens with zero attached hydrogens (tertiary/aromatic N) is 3. The number of nitriles is 1. The maximum absolute atomic E-state index is 15.0. The quantitative estimate of drug-likeness (QED) is 0.315. The Morgan fingerprint density at radius 2 is 1.72 bits per heavy atom. The number of amidine groups is 1. The molecule has 0 saturated carbocycles. The van der Waals surface area contributed by atoms with Gasteiger partial charge in [0.2, 0.25) is 6.19 Å². The Morgan fingerprint density at radius 3 is 2.42 bits per heavy atom. The maximum atomic E-state index is 15.0. The van der Waals surface area contributed by atoms with Crippen LogP contribution in [0.15, 0.2) is 83.9 Å². The molecule has 0 bridgehead atoms. The normalized spacial score (nSPS) is 15.0. The van der Waals surface area contributed by atoms with E-state index in [2.05, 4.69) is 10.3 Å². The molecule has 7 nitrogen and oxygen atoms in total. The number of piperidine rings is 1. The van der Waals surface area contributed by atoms with Crippen LogP contribution in [0.3, 0.4) is 0 Å². The highest BCUT2D eigenvalue weighted by Crippen LogP contribution is 2.37. The van der Waals surface area contributed by atoms with Crippen LogP contribution in [0.4, 0.5) is 4.39 Å². The molecule has 1 saturated heterocycles. The van der Waals surface area contributed by atoms with Crippen molar-refractivity contribution in [2.75, 3.05) is 26.7 Å². The lowest BCUT2D eigenvalue weighted by Crippen LogP contribution is -2.51. The monoisotopic (exact) mass is 486 g/mol. The SMILES string of the molecule is COc1ccccc1C(=O)NCC1(c2ccccc2F)CCN(/C(=N/C#N)Oc2ccccc2)CC1. The molecule has 8 heteroatoms. The summed E-state index contributed by atoms with van der Waals surface area (Å²) in [6, 6.07) is 23.0. The molecular weight excluding hydrogens is 459 g/mol. The van der Waals surface area contributed by atoms with Crippen LogP contribution in [-0.2, 0) is 5.41 Å². The molecule has 184 valence electrons. The standard InChI is InChI=1S/C28H27FN4O3/c1-35-25-14-8-5-11-22(25)26(34)31-19-28(23-12-6-7-13-24(23)29)15-17-33(18-16-28)27(32-20-30)36-21-9-3-2-4-10-21/h2-14H,15-19H2,1H3,(H,31,34)/b32-27-. The lowest BCUT2D eigenvalue weighted by molar-refractivity contribution is 0.0926. The van der Waals surface area contributed by atoms with Crippen molar-refractivity contribution in [1.82, 2.24) is 10.2 Å². The fourth-order valence-electron chi connectivity index (χ4n) is 4.53. The Labute approximate surface area is 209 Å². The number of ether oxygens (including phenoxy) is 2. The number of hydrogen-bond acceptors (Lipinski definition) is 5. The van der Waals surface area contributed by atoms with Crippen molar-refractivity contribution in [3.05, 3.63) is 95.8 Å². The van der Waals surface area contributed by atoms with Crippen molar-refractivity contribution < 1.29 is 18.7 Å². The van der Waals surface area contributed by atoms with Gasteiger partial charge in [0.15, 0.2) is 0 Å². The Hall–Kier alpha value is -4.38. The number of hydrogen-bond donors (Lipinski definition) is 1. The van der Waals surface area contributed by atoms with E-state index >= 15 is 4.39 Å². The van der Waals surface area contributed by atoms with E-state index in [1.165, 1.54) is 13.2 Å². The van der Waals surface area contributed by atoms with Gasteiger partial charge in [-0.2, -0.15) is 5.26 Å². The van der Waals surface area contributed by atoms with E-state index in [-0.39, 0.29) is 24.3 Å². The number of benzene rings is 3. The summed E-state index contributed by atoms with van der Waals surface area (Å²) in [7, 11) is 1.51. The van der Waals surface area contributed by atoms with E-state index in [1.807, 2.05) is 29.3 Å². The molecule has 1 aliphatic heterocycles. The molecule has 1 aliphatic rings. The molecule has 3 aromatic carbocycles. The molecule has 3 aromatic rings. The average Bonchev–Trinajstić information content (AvgIpc) is 2.92. The third-order valence-electron chi connectivity index (χ3n) is 6.47. The Bertz CT molecular complexity index is 1270.